The van der Waals surface area contributed by atoms with Crippen LogP contribution in [-0.2, 0) is 89.9 Å². The van der Waals surface area contributed by atoms with Gasteiger partial charge in [-0.2, -0.15) is 53.7 Å². The predicted octanol–water partition coefficient (Wildman–Crippen LogP) is 18.7. The minimum atomic E-state index is -4.62. The van der Waals surface area contributed by atoms with E-state index in [-0.39, 0.29) is 67.5 Å². The van der Waals surface area contributed by atoms with Crippen molar-refractivity contribution < 1.29 is 69.5 Å². The second-order valence-corrected chi connectivity index (χ2v) is 32.7. The zero-order valence-electron chi connectivity index (χ0n) is 60.8. The summed E-state index contributed by atoms with van der Waals surface area (Å²) in [5.41, 5.74) is -0.892. The lowest BCUT2D eigenvalue weighted by Gasteiger charge is -2.35. The van der Waals surface area contributed by atoms with E-state index in [0.717, 1.165) is 69.8 Å². The molecule has 110 heavy (non-hydrogen) atoms. The largest absolute Gasteiger partial charge is 0.497 e. The number of allylic oxidation sites excluding steroid dienone is 3. The molecule has 12 rings (SSSR count). The summed E-state index contributed by atoms with van der Waals surface area (Å²) in [4.78, 5) is 13.5. The summed E-state index contributed by atoms with van der Waals surface area (Å²) in [5.74, 6) is 0.323. The molecule has 3 aromatic heterocycles. The summed E-state index contributed by atoms with van der Waals surface area (Å²) in [6, 6.07) is 63.8. The highest BCUT2D eigenvalue weighted by Crippen LogP contribution is 2.43. The van der Waals surface area contributed by atoms with E-state index in [1.54, 1.807) is 152 Å². The van der Waals surface area contributed by atoms with Crippen molar-refractivity contribution in [3.8, 4) is 5.75 Å². The second-order valence-electron chi connectivity index (χ2n) is 27.6. The predicted molar refractivity (Wildman–Crippen MR) is 407 cm³/mol. The Hall–Kier alpha value is -10.4. The zero-order chi connectivity index (χ0) is 79.6. The average Bonchev–Trinajstić information content (AvgIpc) is 0.973. The van der Waals surface area contributed by atoms with Gasteiger partial charge in [0, 0.05) is 43.9 Å². The molecule has 0 bridgehead atoms. The van der Waals surface area contributed by atoms with Gasteiger partial charge >= 0.3 is 18.5 Å². The van der Waals surface area contributed by atoms with Crippen LogP contribution in [0.2, 0.25) is 0 Å². The molecule has 3 unspecified atom stereocenters. The fourth-order valence-electron chi connectivity index (χ4n) is 12.6. The first-order valence-corrected chi connectivity index (χ1v) is 39.0. The standard InChI is InChI=1S/C31H31F3N2O2S.C28H25F3N2O3S.C26H23F3N2O2S/c1-22-13-18-28(35-21-22)30(20-23-9-6-5-7-10-23,25-11-8-12-26(19-25)31(32,33)34)36-39(37,38)27-16-14-24(15-17-27)29(2,3)4;1-20-14-15-26(32-19-20)27(18-21-8-4-3-5-9-21,22-10-6-11-23(16-22)28(29,30)31)33-37(34,35)25-13-7-12-24(17-25)36-2;1-19-14-15-24(30-18-19)25(17-20-8-3-2-4-9-20,31-34(32,33)23-12-5-6-13-23)21-10-7-11-22(16-21)26(27,28)29/h5-19,21,36H,20H2,1-4H3;3-17,19,33H,18H2,1-2H3;2-5,7-16,18,31H,6,17H2,1H3. The van der Waals surface area contributed by atoms with Gasteiger partial charge in [0.2, 0.25) is 30.1 Å². The Bertz CT molecular complexity index is 5410. The zero-order valence-corrected chi connectivity index (χ0v) is 63.2. The summed E-state index contributed by atoms with van der Waals surface area (Å²) in [6.45, 7) is 11.6. The lowest BCUT2D eigenvalue weighted by molar-refractivity contribution is -0.138. The number of hydrogen-bond donors (Lipinski definition) is 3. The van der Waals surface area contributed by atoms with Gasteiger partial charge in [0.05, 0.1) is 55.6 Å². The number of alkyl halides is 9. The Morgan fingerprint density at radius 2 is 0.700 bits per heavy atom. The highest BCUT2D eigenvalue weighted by atomic mass is 32.2. The number of benzene rings is 8. The molecule has 0 amide bonds. The van der Waals surface area contributed by atoms with E-state index in [2.05, 4.69) is 29.1 Å². The molecule has 3 heterocycles. The van der Waals surface area contributed by atoms with Crippen LogP contribution in [0.3, 0.4) is 0 Å². The third-order valence-electron chi connectivity index (χ3n) is 18.4. The van der Waals surface area contributed by atoms with Crippen LogP contribution in [0.4, 0.5) is 39.5 Å². The highest BCUT2D eigenvalue weighted by Gasteiger charge is 2.46. The molecular weight excluding hydrogens is 1480 g/mol. The Morgan fingerprint density at radius 3 is 1.01 bits per heavy atom. The number of hydrogen-bond acceptors (Lipinski definition) is 10. The van der Waals surface area contributed by atoms with Gasteiger partial charge in [0.15, 0.2) is 0 Å². The number of methoxy groups -OCH3 is 1. The maximum Gasteiger partial charge on any atom is 0.416 e. The van der Waals surface area contributed by atoms with E-state index >= 15 is 0 Å². The van der Waals surface area contributed by atoms with Gasteiger partial charge in [-0.1, -0.05) is 197 Å². The van der Waals surface area contributed by atoms with Gasteiger partial charge in [-0.25, -0.2) is 25.3 Å². The van der Waals surface area contributed by atoms with Gasteiger partial charge in [0.1, 0.15) is 22.4 Å². The van der Waals surface area contributed by atoms with E-state index in [1.807, 2.05) is 65.8 Å². The Morgan fingerprint density at radius 1 is 0.364 bits per heavy atom. The molecule has 572 valence electrons. The molecule has 25 heteroatoms. The summed E-state index contributed by atoms with van der Waals surface area (Å²) < 4.78 is 219. The molecule has 0 saturated heterocycles. The van der Waals surface area contributed by atoms with Crippen LogP contribution in [0.5, 0.6) is 5.75 Å². The Kier molecular flexibility index (Phi) is 24.9. The summed E-state index contributed by atoms with van der Waals surface area (Å²) >= 11 is 0. The van der Waals surface area contributed by atoms with Gasteiger partial charge < -0.3 is 4.74 Å². The van der Waals surface area contributed by atoms with Crippen LogP contribution in [0.15, 0.2) is 300 Å². The molecule has 0 saturated carbocycles. The fourth-order valence-corrected chi connectivity index (χ4v) is 16.8. The Labute approximate surface area is 635 Å². The van der Waals surface area contributed by atoms with Crippen molar-refractivity contribution in [2.24, 2.45) is 0 Å². The third-order valence-corrected chi connectivity index (χ3v) is 22.9. The number of nitrogens with zero attached hydrogens (tertiary/aromatic N) is 3. The molecule has 8 aromatic carbocycles. The van der Waals surface area contributed by atoms with Gasteiger partial charge in [0.25, 0.3) is 0 Å². The van der Waals surface area contributed by atoms with Crippen LogP contribution in [0, 0.1) is 20.8 Å². The minimum Gasteiger partial charge on any atom is -0.497 e. The van der Waals surface area contributed by atoms with E-state index in [4.69, 9.17) is 4.74 Å². The average molecular weight is 1560 g/mol. The maximum atomic E-state index is 13.9. The van der Waals surface area contributed by atoms with Crippen molar-refractivity contribution in [2.45, 2.75) is 118 Å². The number of sulfonamides is 3. The number of pyridine rings is 3. The number of halogens is 9. The van der Waals surface area contributed by atoms with Gasteiger partial charge in [-0.05, 0) is 173 Å². The number of nitrogens with one attached hydrogen (secondary N) is 3. The lowest BCUT2D eigenvalue weighted by Crippen LogP contribution is -2.49. The number of ether oxygens (including phenoxy) is 1. The molecule has 0 spiro atoms. The quantitative estimate of drug-likeness (QED) is 0.0551. The normalized spacial score (nSPS) is 14.5. The molecule has 3 atom stereocenters. The minimum absolute atomic E-state index is 0.00650. The molecule has 0 radical (unpaired) electrons. The SMILES string of the molecule is COc1cccc(S(=O)(=O)NC(Cc2ccccc2)(c2cccc(C(F)(F)F)c2)c2ccc(C)cn2)c1.Cc1ccc(C(Cc2ccccc2)(NS(=O)(=O)C2=CCC=C2)c2cccc(C(F)(F)F)c2)nc1.Cc1ccc(C(Cc2ccccc2)(NS(=O)(=O)c2ccc(C(C)(C)C)cc2)c2cccc(C(F)(F)F)c2)nc1. The number of rotatable bonds is 22. The topological polar surface area (TPSA) is 186 Å². The first-order valence-electron chi connectivity index (χ1n) is 34.5. The van der Waals surface area contributed by atoms with Crippen LogP contribution in [-0.4, -0.2) is 47.3 Å². The monoisotopic (exact) mass is 1560 g/mol. The first-order chi connectivity index (χ1) is 51.8. The number of aryl methyl sites for hydroxylation is 3. The van der Waals surface area contributed by atoms with Crippen molar-refractivity contribution in [1.82, 2.24) is 29.1 Å². The second kappa shape index (κ2) is 33.4. The molecule has 1 aliphatic rings. The van der Waals surface area contributed by atoms with Gasteiger partial charge in [-0.15, -0.1) is 0 Å². The molecule has 3 N–H and O–H groups in total. The maximum absolute atomic E-state index is 13.9. The molecule has 11 aromatic rings. The van der Waals surface area contributed by atoms with Crippen molar-refractivity contribution >= 4 is 30.1 Å². The van der Waals surface area contributed by atoms with Crippen LogP contribution in [0.25, 0.3) is 0 Å². The molecule has 0 aliphatic heterocycles. The third kappa shape index (κ3) is 20.0. The van der Waals surface area contributed by atoms with Crippen LogP contribution < -0.4 is 18.9 Å². The first kappa shape index (κ1) is 82.1. The lowest BCUT2D eigenvalue weighted by atomic mass is 9.81. The Balaban J connectivity index is 0.000000176. The van der Waals surface area contributed by atoms with Crippen LogP contribution in [0.1, 0.15) is 117 Å². The van der Waals surface area contributed by atoms with Crippen LogP contribution >= 0.6 is 0 Å². The summed E-state index contributed by atoms with van der Waals surface area (Å²) in [7, 11) is -11.2. The number of aromatic nitrogens is 3. The van der Waals surface area contributed by atoms with E-state index in [9.17, 15) is 64.8 Å². The van der Waals surface area contributed by atoms with Crippen molar-refractivity contribution in [3.05, 3.63) is 380 Å². The van der Waals surface area contributed by atoms with Crippen molar-refractivity contribution in [1.29, 1.82) is 0 Å². The smallest absolute Gasteiger partial charge is 0.416 e. The van der Waals surface area contributed by atoms with Crippen molar-refractivity contribution in [2.75, 3.05) is 7.11 Å². The van der Waals surface area contributed by atoms with E-state index < -0.39 is 81.9 Å². The molecule has 0 fully saturated rings. The fraction of sp³-hybridized carbons (Fsp3) is 0.212. The molecular formula is C85H79F9N6O7S3. The molecule has 1 aliphatic carbocycles. The van der Waals surface area contributed by atoms with Gasteiger partial charge in [-0.3, -0.25) is 15.0 Å². The summed E-state index contributed by atoms with van der Waals surface area (Å²) in [5, 5.41) is 0. The molecule has 13 nitrogen and oxygen atoms in total. The van der Waals surface area contributed by atoms with E-state index in [1.165, 1.54) is 79.9 Å². The van der Waals surface area contributed by atoms with Crippen molar-refractivity contribution in [3.63, 3.8) is 0 Å². The summed E-state index contributed by atoms with van der Waals surface area (Å²) in [6.07, 6.45) is -3.79. The van der Waals surface area contributed by atoms with E-state index in [0.29, 0.717) is 23.4 Å². The highest BCUT2D eigenvalue weighted by molar-refractivity contribution is 7.93.